The SMILES string of the molecule is CCCCCc1ccc(C(N)=O)cc1-c1ccccc1-c1cnc(N)[nH]1.Cl. The maximum absolute atomic E-state index is 11.7. The smallest absolute Gasteiger partial charge is 0.248 e. The van der Waals surface area contributed by atoms with E-state index in [1.54, 1.807) is 6.20 Å². The third-order valence-electron chi connectivity index (χ3n) is 4.55. The highest BCUT2D eigenvalue weighted by Crippen LogP contribution is 2.34. The summed E-state index contributed by atoms with van der Waals surface area (Å²) in [6.45, 7) is 2.19. The molecule has 1 aromatic heterocycles. The van der Waals surface area contributed by atoms with Gasteiger partial charge in [-0.1, -0.05) is 50.1 Å². The van der Waals surface area contributed by atoms with Gasteiger partial charge < -0.3 is 16.5 Å². The lowest BCUT2D eigenvalue weighted by atomic mass is 9.90. The molecule has 5 N–H and O–H groups in total. The summed E-state index contributed by atoms with van der Waals surface area (Å²) in [5.74, 6) is -0.0431. The fourth-order valence-electron chi connectivity index (χ4n) is 3.19. The number of unbranched alkanes of at least 4 members (excludes halogenated alkanes) is 2. The summed E-state index contributed by atoms with van der Waals surface area (Å²) in [5.41, 5.74) is 16.9. The van der Waals surface area contributed by atoms with Crippen LogP contribution in [0, 0.1) is 0 Å². The van der Waals surface area contributed by atoms with Gasteiger partial charge in [0.1, 0.15) is 0 Å². The van der Waals surface area contributed by atoms with Crippen molar-refractivity contribution in [3.05, 3.63) is 59.8 Å². The lowest BCUT2D eigenvalue weighted by Gasteiger charge is -2.14. The van der Waals surface area contributed by atoms with Crippen LogP contribution in [-0.2, 0) is 6.42 Å². The van der Waals surface area contributed by atoms with Crippen molar-refractivity contribution >= 4 is 24.3 Å². The van der Waals surface area contributed by atoms with Crippen LogP contribution in [0.1, 0.15) is 42.1 Å². The molecule has 1 amide bonds. The van der Waals surface area contributed by atoms with Crippen LogP contribution in [0.4, 0.5) is 5.95 Å². The molecule has 2 aromatic carbocycles. The minimum Gasteiger partial charge on any atom is -0.369 e. The molecule has 0 unspecified atom stereocenters. The van der Waals surface area contributed by atoms with Gasteiger partial charge in [0, 0.05) is 11.1 Å². The molecular formula is C21H25ClN4O. The average molecular weight is 385 g/mol. The number of aryl methyl sites for hydroxylation is 1. The van der Waals surface area contributed by atoms with Crippen LogP contribution in [0.25, 0.3) is 22.4 Å². The quantitative estimate of drug-likeness (QED) is 0.520. The van der Waals surface area contributed by atoms with E-state index >= 15 is 0 Å². The highest BCUT2D eigenvalue weighted by molar-refractivity contribution is 5.95. The fourth-order valence-corrected chi connectivity index (χ4v) is 3.19. The predicted octanol–water partition coefficient (Wildman–Crippen LogP) is 4.58. The lowest BCUT2D eigenvalue weighted by molar-refractivity contribution is 0.100. The van der Waals surface area contributed by atoms with Crippen molar-refractivity contribution in [2.75, 3.05) is 5.73 Å². The molecule has 0 aliphatic carbocycles. The summed E-state index contributed by atoms with van der Waals surface area (Å²) in [5, 5.41) is 0. The molecule has 3 rings (SSSR count). The molecule has 0 aliphatic heterocycles. The molecule has 6 heteroatoms. The molecule has 3 aromatic rings. The second-order valence-electron chi connectivity index (χ2n) is 6.42. The van der Waals surface area contributed by atoms with Crippen molar-refractivity contribution in [2.45, 2.75) is 32.6 Å². The van der Waals surface area contributed by atoms with Gasteiger partial charge in [0.2, 0.25) is 5.91 Å². The van der Waals surface area contributed by atoms with Crippen molar-refractivity contribution in [3.8, 4) is 22.4 Å². The van der Waals surface area contributed by atoms with Crippen LogP contribution in [0.15, 0.2) is 48.7 Å². The molecule has 0 radical (unpaired) electrons. The van der Waals surface area contributed by atoms with Crippen LogP contribution >= 0.6 is 12.4 Å². The molecule has 0 bridgehead atoms. The zero-order valence-electron chi connectivity index (χ0n) is 15.4. The number of nitrogens with two attached hydrogens (primary N) is 2. The summed E-state index contributed by atoms with van der Waals surface area (Å²) in [4.78, 5) is 18.9. The monoisotopic (exact) mass is 384 g/mol. The Hall–Kier alpha value is -2.79. The standard InChI is InChI=1S/C21H24N4O.ClH/c1-2-3-4-7-14-10-11-15(20(22)26)12-18(14)16-8-5-6-9-17(16)19-13-24-21(23)25-19;/h5-6,8-13H,2-4,7H2,1H3,(H2,22,26)(H3,23,24,25);1H. The number of anilines is 1. The normalized spacial score (nSPS) is 10.4. The summed E-state index contributed by atoms with van der Waals surface area (Å²) < 4.78 is 0. The van der Waals surface area contributed by atoms with Crippen molar-refractivity contribution in [1.29, 1.82) is 0 Å². The molecule has 0 saturated carbocycles. The van der Waals surface area contributed by atoms with E-state index in [9.17, 15) is 4.79 Å². The van der Waals surface area contributed by atoms with Crippen LogP contribution in [0.3, 0.4) is 0 Å². The Morgan fingerprint density at radius 1 is 1.07 bits per heavy atom. The van der Waals surface area contributed by atoms with E-state index in [2.05, 4.69) is 23.0 Å². The number of carbonyl (C=O) groups excluding carboxylic acids is 1. The van der Waals surface area contributed by atoms with Gasteiger partial charge in [-0.3, -0.25) is 4.79 Å². The van der Waals surface area contributed by atoms with Crippen LogP contribution in [-0.4, -0.2) is 15.9 Å². The first kappa shape index (κ1) is 20.5. The summed E-state index contributed by atoms with van der Waals surface area (Å²) in [7, 11) is 0. The Morgan fingerprint density at radius 2 is 1.81 bits per heavy atom. The number of primary amides is 1. The zero-order valence-corrected chi connectivity index (χ0v) is 16.2. The second kappa shape index (κ2) is 9.24. The number of nitrogen functional groups attached to an aromatic ring is 1. The molecule has 0 saturated heterocycles. The largest absolute Gasteiger partial charge is 0.369 e. The van der Waals surface area contributed by atoms with Gasteiger partial charge in [-0.05, 0) is 41.7 Å². The summed E-state index contributed by atoms with van der Waals surface area (Å²) in [6, 6.07) is 13.8. The maximum atomic E-state index is 11.7. The number of nitrogens with zero attached hydrogens (tertiary/aromatic N) is 1. The number of benzene rings is 2. The zero-order chi connectivity index (χ0) is 18.5. The van der Waals surface area contributed by atoms with Gasteiger partial charge >= 0.3 is 0 Å². The first-order valence-corrected chi connectivity index (χ1v) is 8.93. The fraction of sp³-hybridized carbons (Fsp3) is 0.238. The van der Waals surface area contributed by atoms with E-state index < -0.39 is 5.91 Å². The Balaban J connectivity index is 0.00000261. The molecule has 142 valence electrons. The number of aromatic nitrogens is 2. The molecule has 0 spiro atoms. The Kier molecular flexibility index (Phi) is 7.02. The third-order valence-corrected chi connectivity index (χ3v) is 4.55. The molecule has 0 fully saturated rings. The van der Waals surface area contributed by atoms with Crippen LogP contribution in [0.2, 0.25) is 0 Å². The maximum Gasteiger partial charge on any atom is 0.248 e. The number of halogens is 1. The minimum absolute atomic E-state index is 0. The van der Waals surface area contributed by atoms with Crippen molar-refractivity contribution in [2.24, 2.45) is 5.73 Å². The summed E-state index contributed by atoms with van der Waals surface area (Å²) >= 11 is 0. The Bertz CT molecular complexity index is 920. The molecule has 0 aliphatic rings. The van der Waals surface area contributed by atoms with Gasteiger partial charge in [0.25, 0.3) is 0 Å². The predicted molar refractivity (Wildman–Crippen MR) is 113 cm³/mol. The van der Waals surface area contributed by atoms with Crippen molar-refractivity contribution in [3.63, 3.8) is 0 Å². The van der Waals surface area contributed by atoms with E-state index in [1.807, 2.05) is 36.4 Å². The lowest BCUT2D eigenvalue weighted by Crippen LogP contribution is -2.11. The number of carbonyl (C=O) groups is 1. The van der Waals surface area contributed by atoms with E-state index in [0.717, 1.165) is 35.2 Å². The number of imidazole rings is 1. The van der Waals surface area contributed by atoms with Crippen LogP contribution in [0.5, 0.6) is 0 Å². The van der Waals surface area contributed by atoms with Crippen LogP contribution < -0.4 is 11.5 Å². The number of nitrogens with one attached hydrogen (secondary N) is 1. The highest BCUT2D eigenvalue weighted by Gasteiger charge is 2.14. The molecule has 0 atom stereocenters. The molecule has 27 heavy (non-hydrogen) atoms. The Morgan fingerprint density at radius 3 is 2.44 bits per heavy atom. The van der Waals surface area contributed by atoms with Gasteiger partial charge in [-0.15, -0.1) is 12.4 Å². The first-order chi connectivity index (χ1) is 12.6. The molecular weight excluding hydrogens is 360 g/mol. The second-order valence-corrected chi connectivity index (χ2v) is 6.42. The van der Waals surface area contributed by atoms with Crippen molar-refractivity contribution in [1.82, 2.24) is 9.97 Å². The number of amides is 1. The number of H-pyrrole nitrogens is 1. The highest BCUT2D eigenvalue weighted by atomic mass is 35.5. The minimum atomic E-state index is -0.422. The Labute approximate surface area is 165 Å². The van der Waals surface area contributed by atoms with E-state index in [-0.39, 0.29) is 12.4 Å². The number of rotatable bonds is 7. The van der Waals surface area contributed by atoms with Gasteiger partial charge in [-0.2, -0.15) is 0 Å². The summed E-state index contributed by atoms with van der Waals surface area (Å²) in [6.07, 6.45) is 6.14. The third kappa shape index (κ3) is 4.68. The molecule has 1 heterocycles. The van der Waals surface area contributed by atoms with E-state index in [1.165, 1.54) is 18.4 Å². The van der Waals surface area contributed by atoms with Gasteiger partial charge in [-0.25, -0.2) is 4.98 Å². The average Bonchev–Trinajstić information content (AvgIpc) is 3.08. The topological polar surface area (TPSA) is 97.8 Å². The van der Waals surface area contributed by atoms with Gasteiger partial charge in [0.05, 0.1) is 11.9 Å². The van der Waals surface area contributed by atoms with E-state index in [4.69, 9.17) is 11.5 Å². The number of hydrogen-bond donors (Lipinski definition) is 3. The number of hydrogen-bond acceptors (Lipinski definition) is 3. The first-order valence-electron chi connectivity index (χ1n) is 8.93. The van der Waals surface area contributed by atoms with Crippen molar-refractivity contribution < 1.29 is 4.79 Å². The van der Waals surface area contributed by atoms with Gasteiger partial charge in [0.15, 0.2) is 5.95 Å². The molecule has 5 nitrogen and oxygen atoms in total. The van der Waals surface area contributed by atoms with E-state index in [0.29, 0.717) is 11.5 Å². The number of aromatic amines is 1.